The summed E-state index contributed by atoms with van der Waals surface area (Å²) in [6.07, 6.45) is 6.51. The number of unbranched alkanes of at least 4 members (excludes halogenated alkanes) is 1. The molecule has 0 radical (unpaired) electrons. The van der Waals surface area contributed by atoms with Crippen LogP contribution in [0.3, 0.4) is 0 Å². The molecule has 0 saturated carbocycles. The summed E-state index contributed by atoms with van der Waals surface area (Å²) >= 11 is 0. The highest BCUT2D eigenvalue weighted by Gasteiger charge is 2.37. The minimum absolute atomic E-state index is 0.0454. The van der Waals surface area contributed by atoms with E-state index < -0.39 is 12.0 Å². The zero-order valence-electron chi connectivity index (χ0n) is 21.8. The number of hydrogen-bond donors (Lipinski definition) is 3. The van der Waals surface area contributed by atoms with Crippen molar-refractivity contribution in [2.24, 2.45) is 0 Å². The molecule has 0 bridgehead atoms. The van der Waals surface area contributed by atoms with Crippen LogP contribution in [0.25, 0.3) is 0 Å². The van der Waals surface area contributed by atoms with E-state index in [2.05, 4.69) is 27.7 Å². The third-order valence-corrected chi connectivity index (χ3v) is 7.22. The number of nitrogens with one attached hydrogen (secondary N) is 2. The molecule has 2 amide bonds. The van der Waals surface area contributed by atoms with Crippen LogP contribution in [0, 0.1) is 0 Å². The SMILES string of the molecule is COC(C)CN(CCCCc1ccc2c(n1)NCCC2)CCC(NC(=O)N1C(C)CC1C)C(=O)O. The molecule has 4 atom stereocenters. The first-order chi connectivity index (χ1) is 16.8. The van der Waals surface area contributed by atoms with Gasteiger partial charge < -0.3 is 30.3 Å². The summed E-state index contributed by atoms with van der Waals surface area (Å²) in [6, 6.07) is 3.44. The average molecular weight is 490 g/mol. The van der Waals surface area contributed by atoms with E-state index in [1.54, 1.807) is 12.0 Å². The van der Waals surface area contributed by atoms with Gasteiger partial charge in [-0.1, -0.05) is 6.07 Å². The maximum absolute atomic E-state index is 12.6. The zero-order valence-corrected chi connectivity index (χ0v) is 21.8. The number of urea groups is 1. The Morgan fingerprint density at radius 1 is 1.29 bits per heavy atom. The van der Waals surface area contributed by atoms with Crippen molar-refractivity contribution in [1.29, 1.82) is 0 Å². The third kappa shape index (κ3) is 7.80. The third-order valence-electron chi connectivity index (χ3n) is 7.22. The number of carbonyl (C=O) groups is 2. The number of aliphatic carboxylic acids is 1. The topological polar surface area (TPSA) is 107 Å². The molecule has 0 aliphatic carbocycles. The maximum atomic E-state index is 12.6. The fourth-order valence-corrected chi connectivity index (χ4v) is 5.09. The van der Waals surface area contributed by atoms with Crippen LogP contribution in [-0.2, 0) is 22.4 Å². The van der Waals surface area contributed by atoms with E-state index in [4.69, 9.17) is 9.72 Å². The molecule has 35 heavy (non-hydrogen) atoms. The van der Waals surface area contributed by atoms with E-state index in [9.17, 15) is 14.7 Å². The first kappa shape index (κ1) is 27.2. The number of amides is 2. The van der Waals surface area contributed by atoms with Crippen LogP contribution in [0.2, 0.25) is 0 Å². The number of methoxy groups -OCH3 is 1. The summed E-state index contributed by atoms with van der Waals surface area (Å²) in [7, 11) is 1.69. The van der Waals surface area contributed by atoms with Gasteiger partial charge in [-0.15, -0.1) is 0 Å². The van der Waals surface area contributed by atoms with E-state index in [-0.39, 0.29) is 24.2 Å². The zero-order chi connectivity index (χ0) is 25.4. The Morgan fingerprint density at radius 3 is 2.74 bits per heavy atom. The van der Waals surface area contributed by atoms with Crippen LogP contribution in [0.1, 0.15) is 64.1 Å². The summed E-state index contributed by atoms with van der Waals surface area (Å²) in [5.74, 6) is 0.0408. The highest BCUT2D eigenvalue weighted by Crippen LogP contribution is 2.25. The molecule has 0 spiro atoms. The molecule has 2 aliphatic rings. The van der Waals surface area contributed by atoms with E-state index in [0.717, 1.165) is 69.7 Å². The predicted molar refractivity (Wildman–Crippen MR) is 137 cm³/mol. The quantitative estimate of drug-likeness (QED) is 0.366. The molecule has 1 aromatic heterocycles. The van der Waals surface area contributed by atoms with E-state index in [1.807, 2.05) is 20.8 Å². The van der Waals surface area contributed by atoms with Crippen LogP contribution < -0.4 is 10.6 Å². The molecule has 3 heterocycles. The van der Waals surface area contributed by atoms with Crippen molar-refractivity contribution in [2.45, 2.75) is 89.9 Å². The molecular weight excluding hydrogens is 446 g/mol. The van der Waals surface area contributed by atoms with Crippen molar-refractivity contribution in [1.82, 2.24) is 20.1 Å². The van der Waals surface area contributed by atoms with Crippen molar-refractivity contribution >= 4 is 17.8 Å². The molecule has 0 aromatic carbocycles. The number of pyridine rings is 1. The Balaban J connectivity index is 1.48. The Bertz CT molecular complexity index is 843. The number of anilines is 1. The van der Waals surface area contributed by atoms with Crippen molar-refractivity contribution < 1.29 is 19.4 Å². The second-order valence-electron chi connectivity index (χ2n) is 10.1. The Hall–Kier alpha value is -2.39. The highest BCUT2D eigenvalue weighted by molar-refractivity contribution is 5.83. The van der Waals surface area contributed by atoms with Gasteiger partial charge in [-0.3, -0.25) is 0 Å². The number of aryl methyl sites for hydroxylation is 2. The number of carbonyl (C=O) groups excluding carboxylic acids is 1. The first-order valence-corrected chi connectivity index (χ1v) is 13.1. The molecule has 9 heteroatoms. The fourth-order valence-electron chi connectivity index (χ4n) is 5.09. The Morgan fingerprint density at radius 2 is 2.06 bits per heavy atom. The van der Waals surface area contributed by atoms with Gasteiger partial charge in [-0.2, -0.15) is 0 Å². The number of carboxylic acids is 1. The molecule has 1 saturated heterocycles. The van der Waals surface area contributed by atoms with Crippen LogP contribution in [-0.4, -0.2) is 89.4 Å². The van der Waals surface area contributed by atoms with Crippen molar-refractivity contribution in [3.8, 4) is 0 Å². The van der Waals surface area contributed by atoms with Gasteiger partial charge in [0.15, 0.2) is 0 Å². The number of fused-ring (bicyclic) bond motifs is 1. The molecule has 9 nitrogen and oxygen atoms in total. The molecular formula is C26H43N5O4. The molecule has 2 aliphatic heterocycles. The number of rotatable bonds is 13. The minimum Gasteiger partial charge on any atom is -0.480 e. The number of aromatic nitrogens is 1. The van der Waals surface area contributed by atoms with Crippen molar-refractivity contribution in [3.63, 3.8) is 0 Å². The Kier molecular flexibility index (Phi) is 10.2. The molecule has 1 aromatic rings. The molecule has 196 valence electrons. The summed E-state index contributed by atoms with van der Waals surface area (Å²) in [4.78, 5) is 33.2. The minimum atomic E-state index is -0.994. The van der Waals surface area contributed by atoms with Crippen molar-refractivity contribution in [3.05, 3.63) is 23.4 Å². The lowest BCUT2D eigenvalue weighted by Gasteiger charge is -2.45. The van der Waals surface area contributed by atoms with E-state index >= 15 is 0 Å². The van der Waals surface area contributed by atoms with Gasteiger partial charge in [0.2, 0.25) is 0 Å². The fraction of sp³-hybridized carbons (Fsp3) is 0.731. The van der Waals surface area contributed by atoms with Gasteiger partial charge in [0.05, 0.1) is 6.10 Å². The monoisotopic (exact) mass is 489 g/mol. The summed E-state index contributed by atoms with van der Waals surface area (Å²) in [6.45, 7) is 9.12. The van der Waals surface area contributed by atoms with Gasteiger partial charge in [-0.25, -0.2) is 14.6 Å². The van der Waals surface area contributed by atoms with E-state index in [0.29, 0.717) is 13.0 Å². The van der Waals surface area contributed by atoms with Crippen LogP contribution in [0.5, 0.6) is 0 Å². The largest absolute Gasteiger partial charge is 0.480 e. The van der Waals surface area contributed by atoms with Gasteiger partial charge >= 0.3 is 12.0 Å². The lowest BCUT2D eigenvalue weighted by molar-refractivity contribution is -0.139. The second-order valence-corrected chi connectivity index (χ2v) is 10.1. The van der Waals surface area contributed by atoms with Gasteiger partial charge in [0, 0.05) is 44.5 Å². The summed E-state index contributed by atoms with van der Waals surface area (Å²) in [5, 5.41) is 15.8. The number of carboxylic acid groups (broad SMARTS) is 1. The normalized spacial score (nSPS) is 21.0. The molecule has 4 unspecified atom stereocenters. The number of ether oxygens (including phenoxy) is 1. The first-order valence-electron chi connectivity index (χ1n) is 13.1. The lowest BCUT2D eigenvalue weighted by atomic mass is 9.96. The predicted octanol–water partition coefficient (Wildman–Crippen LogP) is 3.13. The van der Waals surface area contributed by atoms with E-state index in [1.165, 1.54) is 5.56 Å². The average Bonchev–Trinajstić information content (AvgIpc) is 2.83. The molecule has 3 rings (SSSR count). The summed E-state index contributed by atoms with van der Waals surface area (Å²) in [5.41, 5.74) is 2.41. The van der Waals surface area contributed by atoms with Crippen molar-refractivity contribution in [2.75, 3.05) is 38.6 Å². The number of likely N-dealkylation sites (tertiary alicyclic amines) is 1. The Labute approximate surface area is 209 Å². The van der Waals surface area contributed by atoms with Gasteiger partial charge in [-0.05, 0) is 83.9 Å². The second kappa shape index (κ2) is 13.1. The number of nitrogens with zero attached hydrogens (tertiary/aromatic N) is 3. The smallest absolute Gasteiger partial charge is 0.326 e. The van der Waals surface area contributed by atoms with Gasteiger partial charge in [0.1, 0.15) is 11.9 Å². The summed E-state index contributed by atoms with van der Waals surface area (Å²) < 4.78 is 5.45. The number of hydrogen-bond acceptors (Lipinski definition) is 6. The lowest BCUT2D eigenvalue weighted by Crippen LogP contribution is -2.61. The highest BCUT2D eigenvalue weighted by atomic mass is 16.5. The standard InChI is InChI=1S/C26H43N5O4/c1-18-16-19(2)31(18)26(34)29-23(25(32)33)12-15-30(17-20(3)35-4)14-6-5-9-22-11-10-21-8-7-13-27-24(21)28-22/h10-11,18-20,23H,5-9,12-17H2,1-4H3,(H,27,28)(H,29,34)(H,32,33). The molecule has 1 fully saturated rings. The van der Waals surface area contributed by atoms with Gasteiger partial charge in [0.25, 0.3) is 0 Å². The van der Waals surface area contributed by atoms with Crippen LogP contribution in [0.15, 0.2) is 12.1 Å². The molecule has 3 N–H and O–H groups in total. The van der Waals surface area contributed by atoms with Crippen LogP contribution in [0.4, 0.5) is 10.6 Å². The van der Waals surface area contributed by atoms with Crippen LogP contribution >= 0.6 is 0 Å². The maximum Gasteiger partial charge on any atom is 0.326 e.